The zero-order valence-electron chi connectivity index (χ0n) is 11.8. The van der Waals surface area contributed by atoms with Gasteiger partial charge in [-0.3, -0.25) is 4.57 Å². The highest BCUT2D eigenvalue weighted by Gasteiger charge is 2.10. The zero-order valence-corrected chi connectivity index (χ0v) is 13.4. The molecular formula is C16H13ClFN3S. The summed E-state index contributed by atoms with van der Waals surface area (Å²) in [7, 11) is 0. The van der Waals surface area contributed by atoms with Crippen LogP contribution in [0.2, 0.25) is 5.02 Å². The highest BCUT2D eigenvalue weighted by atomic mass is 35.5. The third-order valence-corrected chi connectivity index (χ3v) is 4.61. The molecule has 2 aromatic carbocycles. The van der Waals surface area contributed by atoms with E-state index >= 15 is 0 Å². The monoisotopic (exact) mass is 333 g/mol. The summed E-state index contributed by atoms with van der Waals surface area (Å²) in [6.07, 6.45) is 1.69. The molecule has 0 amide bonds. The number of aryl methyl sites for hydroxylation is 1. The van der Waals surface area contributed by atoms with E-state index < -0.39 is 0 Å². The van der Waals surface area contributed by atoms with Crippen molar-refractivity contribution in [2.24, 2.45) is 0 Å². The molecular weight excluding hydrogens is 321 g/mol. The highest BCUT2D eigenvalue weighted by Crippen LogP contribution is 2.28. The first kappa shape index (κ1) is 15.1. The minimum atomic E-state index is -0.332. The van der Waals surface area contributed by atoms with Crippen LogP contribution in [0.3, 0.4) is 0 Å². The van der Waals surface area contributed by atoms with Gasteiger partial charge in [0.05, 0.1) is 5.69 Å². The summed E-state index contributed by atoms with van der Waals surface area (Å²) in [4.78, 5) is 0. The van der Waals surface area contributed by atoms with Gasteiger partial charge in [-0.2, -0.15) is 0 Å². The van der Waals surface area contributed by atoms with Crippen LogP contribution in [-0.4, -0.2) is 14.8 Å². The summed E-state index contributed by atoms with van der Waals surface area (Å²) in [6, 6.07) is 12.5. The van der Waals surface area contributed by atoms with Crippen LogP contribution in [0.5, 0.6) is 0 Å². The van der Waals surface area contributed by atoms with E-state index in [9.17, 15) is 4.39 Å². The van der Waals surface area contributed by atoms with Crippen molar-refractivity contribution in [3.05, 3.63) is 70.8 Å². The number of hydrogen-bond donors (Lipinski definition) is 0. The molecule has 0 saturated heterocycles. The molecule has 0 radical (unpaired) electrons. The van der Waals surface area contributed by atoms with Gasteiger partial charge in [-0.1, -0.05) is 47.6 Å². The smallest absolute Gasteiger partial charge is 0.195 e. The first-order valence-corrected chi connectivity index (χ1v) is 8.04. The molecule has 3 rings (SSSR count). The minimum absolute atomic E-state index is 0.332. The standard InChI is InChI=1S/C16H13ClFN3S/c1-11-4-2-3-5-15(11)21-10-19-20-16(21)22-9-12-6-7-13(18)8-14(12)17/h2-8,10H,9H2,1H3. The van der Waals surface area contributed by atoms with Crippen molar-refractivity contribution in [3.63, 3.8) is 0 Å². The lowest BCUT2D eigenvalue weighted by Gasteiger charge is -2.09. The van der Waals surface area contributed by atoms with Gasteiger partial charge in [0.2, 0.25) is 0 Å². The van der Waals surface area contributed by atoms with Gasteiger partial charge in [0, 0.05) is 10.8 Å². The third-order valence-electron chi connectivity index (χ3n) is 3.26. The minimum Gasteiger partial charge on any atom is -0.276 e. The van der Waals surface area contributed by atoms with E-state index in [1.54, 1.807) is 12.4 Å². The molecule has 0 spiro atoms. The Morgan fingerprint density at radius 3 is 2.82 bits per heavy atom. The number of para-hydroxylation sites is 1. The van der Waals surface area contributed by atoms with Crippen LogP contribution < -0.4 is 0 Å². The summed E-state index contributed by atoms with van der Waals surface area (Å²) < 4.78 is 15.0. The van der Waals surface area contributed by atoms with Gasteiger partial charge >= 0.3 is 0 Å². The molecule has 6 heteroatoms. The van der Waals surface area contributed by atoms with Crippen LogP contribution in [0.25, 0.3) is 5.69 Å². The molecule has 0 atom stereocenters. The Morgan fingerprint density at radius 1 is 1.23 bits per heavy atom. The lowest BCUT2D eigenvalue weighted by Crippen LogP contribution is -1.98. The molecule has 1 aromatic heterocycles. The maximum absolute atomic E-state index is 13.1. The fourth-order valence-electron chi connectivity index (χ4n) is 2.10. The lowest BCUT2D eigenvalue weighted by molar-refractivity contribution is 0.627. The second-order valence-electron chi connectivity index (χ2n) is 4.79. The maximum Gasteiger partial charge on any atom is 0.195 e. The Balaban J connectivity index is 1.83. The number of thioether (sulfide) groups is 1. The number of nitrogens with zero attached hydrogens (tertiary/aromatic N) is 3. The van der Waals surface area contributed by atoms with E-state index in [-0.39, 0.29) is 5.82 Å². The van der Waals surface area contributed by atoms with Crippen molar-refractivity contribution < 1.29 is 4.39 Å². The predicted octanol–water partition coefficient (Wildman–Crippen LogP) is 4.66. The van der Waals surface area contributed by atoms with Gasteiger partial charge in [0.15, 0.2) is 5.16 Å². The fraction of sp³-hybridized carbons (Fsp3) is 0.125. The van der Waals surface area contributed by atoms with Crippen LogP contribution in [0.1, 0.15) is 11.1 Å². The van der Waals surface area contributed by atoms with Crippen molar-refractivity contribution in [1.82, 2.24) is 14.8 Å². The summed E-state index contributed by atoms with van der Waals surface area (Å²) >= 11 is 7.57. The van der Waals surface area contributed by atoms with Crippen molar-refractivity contribution >= 4 is 23.4 Å². The van der Waals surface area contributed by atoms with Gasteiger partial charge in [0.1, 0.15) is 12.1 Å². The summed E-state index contributed by atoms with van der Waals surface area (Å²) in [5, 5.41) is 9.34. The molecule has 3 aromatic rings. The van der Waals surface area contributed by atoms with Crippen LogP contribution in [0, 0.1) is 12.7 Å². The zero-order chi connectivity index (χ0) is 15.5. The highest BCUT2D eigenvalue weighted by molar-refractivity contribution is 7.98. The number of rotatable bonds is 4. The molecule has 1 heterocycles. The Morgan fingerprint density at radius 2 is 2.05 bits per heavy atom. The predicted molar refractivity (Wildman–Crippen MR) is 87.1 cm³/mol. The SMILES string of the molecule is Cc1ccccc1-n1cnnc1SCc1ccc(F)cc1Cl. The molecule has 0 unspecified atom stereocenters. The van der Waals surface area contributed by atoms with E-state index in [0.29, 0.717) is 10.8 Å². The Kier molecular flexibility index (Phi) is 4.45. The van der Waals surface area contributed by atoms with E-state index in [1.165, 1.54) is 23.9 Å². The van der Waals surface area contributed by atoms with E-state index in [0.717, 1.165) is 22.0 Å². The molecule has 0 N–H and O–H groups in total. The molecule has 112 valence electrons. The summed E-state index contributed by atoms with van der Waals surface area (Å²) in [5.74, 6) is 0.269. The number of halogens is 2. The summed E-state index contributed by atoms with van der Waals surface area (Å²) in [5.41, 5.74) is 3.05. The molecule has 0 bridgehead atoms. The molecule has 0 aliphatic carbocycles. The van der Waals surface area contributed by atoms with Gasteiger partial charge in [-0.25, -0.2) is 4.39 Å². The largest absolute Gasteiger partial charge is 0.276 e. The van der Waals surface area contributed by atoms with E-state index in [4.69, 9.17) is 11.6 Å². The fourth-order valence-corrected chi connectivity index (χ4v) is 3.34. The third kappa shape index (κ3) is 3.15. The molecule has 22 heavy (non-hydrogen) atoms. The topological polar surface area (TPSA) is 30.7 Å². The Hall–Kier alpha value is -1.85. The molecule has 0 aliphatic heterocycles. The molecule has 0 fully saturated rings. The summed E-state index contributed by atoms with van der Waals surface area (Å²) in [6.45, 7) is 2.04. The first-order chi connectivity index (χ1) is 10.6. The van der Waals surface area contributed by atoms with Crippen LogP contribution in [0.4, 0.5) is 4.39 Å². The molecule has 0 aliphatic rings. The number of benzene rings is 2. The van der Waals surface area contributed by atoms with E-state index in [1.807, 2.05) is 35.8 Å². The Labute approximate surface area is 137 Å². The number of hydrogen-bond acceptors (Lipinski definition) is 3. The van der Waals surface area contributed by atoms with Gasteiger partial charge < -0.3 is 0 Å². The van der Waals surface area contributed by atoms with E-state index in [2.05, 4.69) is 10.2 Å². The maximum atomic E-state index is 13.1. The lowest BCUT2D eigenvalue weighted by atomic mass is 10.2. The normalized spacial score (nSPS) is 10.9. The van der Waals surface area contributed by atoms with Crippen LogP contribution in [0.15, 0.2) is 53.9 Å². The average molecular weight is 334 g/mol. The van der Waals surface area contributed by atoms with Crippen molar-refractivity contribution in [3.8, 4) is 5.69 Å². The van der Waals surface area contributed by atoms with Crippen molar-refractivity contribution in [1.29, 1.82) is 0 Å². The first-order valence-electron chi connectivity index (χ1n) is 6.68. The second-order valence-corrected chi connectivity index (χ2v) is 6.14. The number of aromatic nitrogens is 3. The Bertz CT molecular complexity index is 804. The van der Waals surface area contributed by atoms with Gasteiger partial charge in [-0.15, -0.1) is 10.2 Å². The van der Waals surface area contributed by atoms with Gasteiger partial charge in [0.25, 0.3) is 0 Å². The average Bonchev–Trinajstić information content (AvgIpc) is 2.95. The van der Waals surface area contributed by atoms with Crippen LogP contribution in [-0.2, 0) is 5.75 Å². The van der Waals surface area contributed by atoms with Crippen LogP contribution >= 0.6 is 23.4 Å². The van der Waals surface area contributed by atoms with Gasteiger partial charge in [-0.05, 0) is 36.2 Å². The van der Waals surface area contributed by atoms with Crippen molar-refractivity contribution in [2.45, 2.75) is 17.8 Å². The quantitative estimate of drug-likeness (QED) is 0.650. The molecule has 3 nitrogen and oxygen atoms in total. The molecule has 0 saturated carbocycles. The second kappa shape index (κ2) is 6.50. The van der Waals surface area contributed by atoms with Crippen molar-refractivity contribution in [2.75, 3.05) is 0 Å².